The lowest BCUT2D eigenvalue weighted by Gasteiger charge is -2.34. The van der Waals surface area contributed by atoms with Gasteiger partial charge in [-0.25, -0.2) is 4.79 Å². The van der Waals surface area contributed by atoms with Crippen LogP contribution in [-0.2, 0) is 14.3 Å². The van der Waals surface area contributed by atoms with E-state index in [9.17, 15) is 14.4 Å². The number of hydrogen-bond acceptors (Lipinski definition) is 4. The minimum absolute atomic E-state index is 0.0594. The lowest BCUT2D eigenvalue weighted by Crippen LogP contribution is -2.51. The van der Waals surface area contributed by atoms with Crippen LogP contribution in [0.4, 0.5) is 4.79 Å². The first-order valence-corrected chi connectivity index (χ1v) is 11.1. The number of fused-ring (bicyclic) bond motifs is 3. The molecule has 168 valence electrons. The third-order valence-corrected chi connectivity index (χ3v) is 6.51. The quantitative estimate of drug-likeness (QED) is 0.586. The van der Waals surface area contributed by atoms with Crippen LogP contribution in [0.1, 0.15) is 49.7 Å². The summed E-state index contributed by atoms with van der Waals surface area (Å²) in [6.07, 6.45) is 2.07. The van der Waals surface area contributed by atoms with E-state index < -0.39 is 30.1 Å². The van der Waals surface area contributed by atoms with Gasteiger partial charge in [-0.15, -0.1) is 0 Å². The van der Waals surface area contributed by atoms with E-state index in [-0.39, 0.29) is 24.9 Å². The third-order valence-electron chi connectivity index (χ3n) is 6.51. The molecule has 0 saturated heterocycles. The molecule has 2 aliphatic carbocycles. The largest absolute Gasteiger partial charge is 0.481 e. The first-order valence-electron chi connectivity index (χ1n) is 11.1. The van der Waals surface area contributed by atoms with E-state index >= 15 is 0 Å². The van der Waals surface area contributed by atoms with Crippen molar-refractivity contribution in [2.75, 3.05) is 6.61 Å². The minimum Gasteiger partial charge on any atom is -0.481 e. The molecule has 3 N–H and O–H groups in total. The van der Waals surface area contributed by atoms with Gasteiger partial charge in [-0.05, 0) is 47.9 Å². The summed E-state index contributed by atoms with van der Waals surface area (Å²) < 4.78 is 5.49. The number of carbonyl (C=O) groups excluding carboxylic acids is 2. The molecule has 0 heterocycles. The van der Waals surface area contributed by atoms with Crippen molar-refractivity contribution in [1.82, 2.24) is 10.6 Å². The predicted molar refractivity (Wildman–Crippen MR) is 119 cm³/mol. The summed E-state index contributed by atoms with van der Waals surface area (Å²) >= 11 is 0. The zero-order valence-corrected chi connectivity index (χ0v) is 18.0. The lowest BCUT2D eigenvalue weighted by molar-refractivity contribution is -0.138. The second kappa shape index (κ2) is 9.42. The summed E-state index contributed by atoms with van der Waals surface area (Å²) in [6.45, 7) is 1.73. The van der Waals surface area contributed by atoms with E-state index in [1.54, 1.807) is 6.92 Å². The van der Waals surface area contributed by atoms with E-state index in [2.05, 4.69) is 22.8 Å². The van der Waals surface area contributed by atoms with Gasteiger partial charge in [0, 0.05) is 12.0 Å². The molecule has 0 radical (unpaired) electrons. The van der Waals surface area contributed by atoms with Crippen LogP contribution in [0.5, 0.6) is 0 Å². The third kappa shape index (κ3) is 4.61. The molecule has 1 saturated carbocycles. The number of benzene rings is 2. The van der Waals surface area contributed by atoms with Crippen molar-refractivity contribution in [3.05, 3.63) is 59.7 Å². The highest BCUT2D eigenvalue weighted by atomic mass is 16.5. The second-order valence-electron chi connectivity index (χ2n) is 8.60. The van der Waals surface area contributed by atoms with E-state index in [0.29, 0.717) is 0 Å². The summed E-state index contributed by atoms with van der Waals surface area (Å²) in [6, 6.07) is 14.9. The first kappa shape index (κ1) is 21.9. The number of nitrogens with one attached hydrogen (secondary N) is 2. The molecule has 7 heteroatoms. The van der Waals surface area contributed by atoms with Crippen LogP contribution < -0.4 is 10.6 Å². The van der Waals surface area contributed by atoms with E-state index in [0.717, 1.165) is 41.5 Å². The molecule has 2 aliphatic rings. The molecule has 7 nitrogen and oxygen atoms in total. The molecule has 2 aromatic rings. The highest BCUT2D eigenvalue weighted by Gasteiger charge is 2.32. The Bertz CT molecular complexity index is 971. The summed E-state index contributed by atoms with van der Waals surface area (Å²) in [4.78, 5) is 36.1. The Morgan fingerprint density at radius 3 is 2.12 bits per heavy atom. The highest BCUT2D eigenvalue weighted by Crippen LogP contribution is 2.44. The number of carboxylic acids is 1. The smallest absolute Gasteiger partial charge is 0.407 e. The van der Waals surface area contributed by atoms with Gasteiger partial charge in [-0.1, -0.05) is 55.0 Å². The van der Waals surface area contributed by atoms with Gasteiger partial charge < -0.3 is 20.5 Å². The number of alkyl carbamates (subject to hydrolysis) is 1. The standard InChI is InChI=1S/C25H28N2O5/c1-15(24(30)27-22(13-23(28)29)16-7-6-8-16)26-25(31)32-14-21-19-11-4-2-9-17(19)18-10-3-5-12-20(18)21/h2-5,9-12,15-16,21-22H,6-8,13-14H2,1H3,(H,26,31)(H,27,30)(H,28,29)/t15-,22?/m1/s1. The molecule has 4 rings (SSSR count). The highest BCUT2D eigenvalue weighted by molar-refractivity contribution is 5.86. The van der Waals surface area contributed by atoms with Gasteiger partial charge >= 0.3 is 12.1 Å². The molecular formula is C25H28N2O5. The summed E-state index contributed by atoms with van der Waals surface area (Å²) in [7, 11) is 0. The number of hydrogen-bond donors (Lipinski definition) is 3. The molecule has 2 aromatic carbocycles. The molecule has 2 atom stereocenters. The first-order chi connectivity index (χ1) is 15.4. The van der Waals surface area contributed by atoms with Gasteiger partial charge in [0.1, 0.15) is 12.6 Å². The molecule has 0 aromatic heterocycles. The van der Waals surface area contributed by atoms with Gasteiger partial charge in [0.25, 0.3) is 0 Å². The SMILES string of the molecule is C[C@@H](NC(=O)OCC1c2ccccc2-c2ccccc21)C(=O)NC(CC(=O)O)C1CCC1. The molecule has 0 bridgehead atoms. The molecule has 32 heavy (non-hydrogen) atoms. The van der Waals surface area contributed by atoms with Crippen LogP contribution >= 0.6 is 0 Å². The van der Waals surface area contributed by atoms with Gasteiger partial charge in [-0.2, -0.15) is 0 Å². The Kier molecular flexibility index (Phi) is 6.44. The van der Waals surface area contributed by atoms with Crippen LogP contribution in [-0.4, -0.2) is 41.8 Å². The van der Waals surface area contributed by atoms with Crippen LogP contribution in [0.25, 0.3) is 11.1 Å². The number of carbonyl (C=O) groups is 3. The Morgan fingerprint density at radius 1 is 1.00 bits per heavy atom. The van der Waals surface area contributed by atoms with Crippen molar-refractivity contribution in [2.24, 2.45) is 5.92 Å². The van der Waals surface area contributed by atoms with Crippen LogP contribution in [0.2, 0.25) is 0 Å². The van der Waals surface area contributed by atoms with Crippen molar-refractivity contribution in [3.8, 4) is 11.1 Å². The maximum Gasteiger partial charge on any atom is 0.407 e. The maximum atomic E-state index is 12.5. The molecule has 0 spiro atoms. The van der Waals surface area contributed by atoms with E-state index in [1.807, 2.05) is 36.4 Å². The fourth-order valence-electron chi connectivity index (χ4n) is 4.56. The van der Waals surface area contributed by atoms with Gasteiger partial charge in [-0.3, -0.25) is 9.59 Å². The van der Waals surface area contributed by atoms with E-state index in [4.69, 9.17) is 9.84 Å². The fraction of sp³-hybridized carbons (Fsp3) is 0.400. The van der Waals surface area contributed by atoms with Crippen LogP contribution in [0.15, 0.2) is 48.5 Å². The number of rotatable bonds is 8. The maximum absolute atomic E-state index is 12.5. The topological polar surface area (TPSA) is 105 Å². The molecule has 1 unspecified atom stereocenters. The molecular weight excluding hydrogens is 408 g/mol. The predicted octanol–water partition coefficient (Wildman–Crippen LogP) is 3.67. The number of ether oxygens (including phenoxy) is 1. The van der Waals surface area contributed by atoms with E-state index in [1.165, 1.54) is 0 Å². The van der Waals surface area contributed by atoms with Crippen molar-refractivity contribution in [1.29, 1.82) is 0 Å². The average Bonchev–Trinajstić information content (AvgIpc) is 3.04. The average molecular weight is 437 g/mol. The lowest BCUT2D eigenvalue weighted by atomic mass is 9.78. The number of aliphatic carboxylic acids is 1. The van der Waals surface area contributed by atoms with Gasteiger partial charge in [0.2, 0.25) is 5.91 Å². The molecule has 2 amide bonds. The minimum atomic E-state index is -0.945. The Hall–Kier alpha value is -3.35. The zero-order chi connectivity index (χ0) is 22.7. The molecule has 0 aliphatic heterocycles. The van der Waals surface area contributed by atoms with Gasteiger partial charge in [0.15, 0.2) is 0 Å². The summed E-state index contributed by atoms with van der Waals surface area (Å²) in [5, 5.41) is 14.5. The fourth-order valence-corrected chi connectivity index (χ4v) is 4.56. The monoisotopic (exact) mass is 436 g/mol. The summed E-state index contributed by atoms with van der Waals surface area (Å²) in [5.74, 6) is -1.23. The second-order valence-corrected chi connectivity index (χ2v) is 8.60. The van der Waals surface area contributed by atoms with Crippen molar-refractivity contribution >= 4 is 18.0 Å². The van der Waals surface area contributed by atoms with Crippen molar-refractivity contribution in [3.63, 3.8) is 0 Å². The Balaban J connectivity index is 1.33. The summed E-state index contributed by atoms with van der Waals surface area (Å²) in [5.41, 5.74) is 4.52. The Morgan fingerprint density at radius 2 is 1.59 bits per heavy atom. The van der Waals surface area contributed by atoms with Crippen LogP contribution in [0, 0.1) is 5.92 Å². The number of amides is 2. The van der Waals surface area contributed by atoms with Crippen molar-refractivity contribution < 1.29 is 24.2 Å². The number of carboxylic acid groups (broad SMARTS) is 1. The Labute approximate surface area is 187 Å². The zero-order valence-electron chi connectivity index (χ0n) is 18.0. The normalized spacial score (nSPS) is 16.8. The van der Waals surface area contributed by atoms with Crippen LogP contribution in [0.3, 0.4) is 0 Å². The van der Waals surface area contributed by atoms with Crippen molar-refractivity contribution in [2.45, 2.75) is 50.6 Å². The molecule has 1 fully saturated rings. The van der Waals surface area contributed by atoms with Gasteiger partial charge in [0.05, 0.1) is 6.42 Å².